The molecule has 0 bridgehead atoms. The largest absolute Gasteiger partial charge is 0.394 e. The third kappa shape index (κ3) is 40.0. The molecule has 3 saturated heterocycles. The van der Waals surface area contributed by atoms with Gasteiger partial charge in [0.15, 0.2) is 18.9 Å². The quantitative estimate of drug-likeness (QED) is 0.0199. The van der Waals surface area contributed by atoms with E-state index in [4.69, 9.17) is 28.4 Å². The summed E-state index contributed by atoms with van der Waals surface area (Å²) in [4.78, 5) is 13.4. The van der Waals surface area contributed by atoms with Gasteiger partial charge in [0, 0.05) is 6.42 Å². The molecule has 97 heavy (non-hydrogen) atoms. The average molecular weight is 1390 g/mol. The predicted molar refractivity (Wildman–Crippen MR) is 383 cm³/mol. The fourth-order valence-electron chi connectivity index (χ4n) is 13.5. The number of aliphatic hydroxyl groups excluding tert-OH is 11. The molecule has 19 nitrogen and oxygen atoms in total. The number of carbonyl (C=O) groups excluding carboxylic acids is 1. The lowest BCUT2D eigenvalue weighted by atomic mass is 9.96. The van der Waals surface area contributed by atoms with E-state index >= 15 is 0 Å². The van der Waals surface area contributed by atoms with Gasteiger partial charge in [0.2, 0.25) is 5.91 Å². The Hall–Kier alpha value is -1.99. The van der Waals surface area contributed by atoms with Gasteiger partial charge in [0.25, 0.3) is 0 Å². The van der Waals surface area contributed by atoms with Crippen molar-refractivity contribution in [2.24, 2.45) is 0 Å². The summed E-state index contributed by atoms with van der Waals surface area (Å²) in [6.45, 7) is 1.73. The molecule has 17 unspecified atom stereocenters. The van der Waals surface area contributed by atoms with E-state index in [1.54, 1.807) is 6.08 Å². The number of nitrogens with one attached hydrogen (secondary N) is 1. The molecule has 0 saturated carbocycles. The normalized spacial score (nSPS) is 27.0. The van der Waals surface area contributed by atoms with Gasteiger partial charge in [0.05, 0.1) is 38.6 Å². The van der Waals surface area contributed by atoms with Crippen LogP contribution in [-0.2, 0) is 33.2 Å². The Labute approximate surface area is 587 Å². The fraction of sp³-hybridized carbons (Fsp3) is 0.910. The Morgan fingerprint density at radius 2 is 0.660 bits per heavy atom. The molecule has 0 aromatic rings. The molecule has 3 rings (SSSR count). The van der Waals surface area contributed by atoms with E-state index in [1.165, 1.54) is 244 Å². The molecule has 0 aromatic heterocycles. The van der Waals surface area contributed by atoms with Gasteiger partial charge in [-0.3, -0.25) is 4.79 Å². The third-order valence-electron chi connectivity index (χ3n) is 19.9. The molecule has 3 fully saturated rings. The van der Waals surface area contributed by atoms with Crippen LogP contribution in [0.4, 0.5) is 0 Å². The fourth-order valence-corrected chi connectivity index (χ4v) is 13.5. The van der Waals surface area contributed by atoms with Gasteiger partial charge in [-0.25, -0.2) is 0 Å². The number of hydrogen-bond donors (Lipinski definition) is 12. The van der Waals surface area contributed by atoms with Crippen molar-refractivity contribution in [3.63, 3.8) is 0 Å². The lowest BCUT2D eigenvalue weighted by Crippen LogP contribution is -2.66. The topological polar surface area (TPSA) is 307 Å². The minimum Gasteiger partial charge on any atom is -0.394 e. The Balaban J connectivity index is 1.32. The van der Waals surface area contributed by atoms with E-state index in [9.17, 15) is 61.0 Å². The van der Waals surface area contributed by atoms with Crippen molar-refractivity contribution in [3.8, 4) is 0 Å². The molecule has 0 aromatic carbocycles. The van der Waals surface area contributed by atoms with Crippen LogP contribution in [0.2, 0.25) is 0 Å². The van der Waals surface area contributed by atoms with Crippen LogP contribution in [0.3, 0.4) is 0 Å². The minimum atomic E-state index is -1.98. The van der Waals surface area contributed by atoms with Gasteiger partial charge >= 0.3 is 0 Å². The Bertz CT molecular complexity index is 1900. The number of allylic oxidation sites excluding steroid dienone is 5. The lowest BCUT2D eigenvalue weighted by molar-refractivity contribution is -0.379. The van der Waals surface area contributed by atoms with Gasteiger partial charge < -0.3 is 89.9 Å². The van der Waals surface area contributed by atoms with Crippen molar-refractivity contribution >= 4 is 5.91 Å². The van der Waals surface area contributed by atoms with Gasteiger partial charge in [0.1, 0.15) is 73.2 Å². The van der Waals surface area contributed by atoms with Crippen molar-refractivity contribution in [2.45, 2.75) is 426 Å². The maximum atomic E-state index is 13.4. The first-order chi connectivity index (χ1) is 47.3. The second kappa shape index (κ2) is 59.4. The summed E-state index contributed by atoms with van der Waals surface area (Å²) in [5, 5.41) is 121. The zero-order valence-electron chi connectivity index (χ0n) is 60.8. The SMILES string of the molecule is CCCCCCCC/C=C/CC/C=C/CC/C=C/C(O)C(COC1OC(CO)C(OC2OC(CO)C(OC3OC(CO)C(O)C(O)C3O)C(O)C2O)C(O)C1O)NC(=O)CCCCCCCCCCCCCCCCCCCCCCCCCCCCCCCCCCCCCC. The Morgan fingerprint density at radius 3 is 1.03 bits per heavy atom. The summed E-state index contributed by atoms with van der Waals surface area (Å²) in [7, 11) is 0. The molecular weight excluding hydrogens is 1240 g/mol. The molecule has 3 aliphatic rings. The number of ether oxygens (including phenoxy) is 6. The van der Waals surface area contributed by atoms with Crippen molar-refractivity contribution in [1.29, 1.82) is 0 Å². The second-order valence-electron chi connectivity index (χ2n) is 28.5. The molecule has 0 radical (unpaired) electrons. The minimum absolute atomic E-state index is 0.236. The summed E-state index contributed by atoms with van der Waals surface area (Å²) in [5.74, 6) is -0.284. The first kappa shape index (κ1) is 89.2. The van der Waals surface area contributed by atoms with Gasteiger partial charge in [-0.05, 0) is 44.9 Å². The molecule has 3 aliphatic heterocycles. The maximum Gasteiger partial charge on any atom is 0.220 e. The van der Waals surface area contributed by atoms with Gasteiger partial charge in [-0.2, -0.15) is 0 Å². The molecule has 1 amide bonds. The van der Waals surface area contributed by atoms with E-state index in [0.29, 0.717) is 12.8 Å². The first-order valence-corrected chi connectivity index (χ1v) is 39.7. The number of amides is 1. The number of carbonyl (C=O) groups is 1. The van der Waals surface area contributed by atoms with Crippen LogP contribution in [0.25, 0.3) is 0 Å². The molecule has 19 heteroatoms. The van der Waals surface area contributed by atoms with E-state index in [1.807, 2.05) is 6.08 Å². The zero-order chi connectivity index (χ0) is 70.4. The van der Waals surface area contributed by atoms with Crippen LogP contribution in [0.5, 0.6) is 0 Å². The molecular formula is C78H145NO18. The Kier molecular flexibility index (Phi) is 54.6. The second-order valence-corrected chi connectivity index (χ2v) is 28.5. The van der Waals surface area contributed by atoms with Crippen LogP contribution in [0.15, 0.2) is 36.5 Å². The van der Waals surface area contributed by atoms with Crippen molar-refractivity contribution in [3.05, 3.63) is 36.5 Å². The predicted octanol–water partition coefficient (Wildman–Crippen LogP) is 12.7. The van der Waals surface area contributed by atoms with Crippen LogP contribution >= 0.6 is 0 Å². The summed E-state index contributed by atoms with van der Waals surface area (Å²) >= 11 is 0. The highest BCUT2D eigenvalue weighted by Gasteiger charge is 2.53. The third-order valence-corrected chi connectivity index (χ3v) is 19.9. The standard InChI is InChI=1S/C78H145NO18/c1-3-5-7-9-11-13-15-17-19-21-22-23-24-25-26-27-28-29-30-31-32-33-34-35-36-37-38-39-40-42-44-46-48-50-52-54-56-66(84)79-61(62(83)55-53-51-49-47-45-43-41-20-18-16-14-12-10-8-6-4-2)60-92-76-72(90)69(87)74(64(58-81)94-76)97-78-73(91)70(88)75(65(59-82)95-78)96-77-71(89)68(86)67(85)63(57-80)93-77/h18,20,45,47,53,55,61-65,67-78,80-83,85-91H,3-17,19,21-44,46,48-52,54,56-60H2,1-2H3,(H,79,84)/b20-18+,47-45+,55-53+. The van der Waals surface area contributed by atoms with E-state index in [-0.39, 0.29) is 18.9 Å². The van der Waals surface area contributed by atoms with Crippen molar-refractivity contribution in [2.75, 3.05) is 26.4 Å². The molecule has 570 valence electrons. The van der Waals surface area contributed by atoms with Crippen LogP contribution < -0.4 is 5.32 Å². The van der Waals surface area contributed by atoms with Gasteiger partial charge in [-0.1, -0.05) is 307 Å². The summed E-state index contributed by atoms with van der Waals surface area (Å²) in [5.41, 5.74) is 0. The molecule has 0 spiro atoms. The van der Waals surface area contributed by atoms with Crippen molar-refractivity contribution in [1.82, 2.24) is 5.32 Å². The number of aliphatic hydroxyl groups is 11. The van der Waals surface area contributed by atoms with Crippen LogP contribution in [0.1, 0.15) is 322 Å². The van der Waals surface area contributed by atoms with E-state index in [2.05, 4.69) is 43.5 Å². The molecule has 12 N–H and O–H groups in total. The highest BCUT2D eigenvalue weighted by Crippen LogP contribution is 2.33. The highest BCUT2D eigenvalue weighted by molar-refractivity contribution is 5.76. The molecule has 3 heterocycles. The van der Waals surface area contributed by atoms with Crippen LogP contribution in [0, 0.1) is 0 Å². The molecule has 17 atom stereocenters. The number of hydrogen-bond acceptors (Lipinski definition) is 18. The monoisotopic (exact) mass is 1380 g/mol. The zero-order valence-corrected chi connectivity index (χ0v) is 60.8. The highest BCUT2D eigenvalue weighted by atomic mass is 16.8. The number of rotatable bonds is 63. The van der Waals surface area contributed by atoms with Crippen molar-refractivity contribution < 1.29 is 89.4 Å². The summed E-state index contributed by atoms with van der Waals surface area (Å²) < 4.78 is 34.4. The van der Waals surface area contributed by atoms with Gasteiger partial charge in [-0.15, -0.1) is 0 Å². The van der Waals surface area contributed by atoms with E-state index in [0.717, 1.165) is 44.9 Å². The van der Waals surface area contributed by atoms with Crippen LogP contribution in [-0.4, -0.2) is 193 Å². The smallest absolute Gasteiger partial charge is 0.220 e. The number of unbranched alkanes of at least 4 members (excludes halogenated alkanes) is 43. The molecule has 0 aliphatic carbocycles. The van der Waals surface area contributed by atoms with E-state index < -0.39 is 124 Å². The average Bonchev–Trinajstić information content (AvgIpc) is 0.826. The first-order valence-electron chi connectivity index (χ1n) is 39.7. The Morgan fingerprint density at radius 1 is 0.361 bits per heavy atom. The maximum absolute atomic E-state index is 13.4. The summed E-state index contributed by atoms with van der Waals surface area (Å²) in [6.07, 6.45) is 46.0. The lowest BCUT2D eigenvalue weighted by Gasteiger charge is -2.48. The summed E-state index contributed by atoms with van der Waals surface area (Å²) in [6, 6.07) is -0.995.